The van der Waals surface area contributed by atoms with Crippen LogP contribution in [0, 0.1) is 59.5 Å². The molecule has 15 nitrogen and oxygen atoms in total. The number of hydrogen-bond donors (Lipinski definition) is 0. The number of hydrogen-bond acceptors (Lipinski definition) is 10. The summed E-state index contributed by atoms with van der Waals surface area (Å²) < 4.78 is 0. The minimum Gasteiger partial charge on any atom is -0.594 e. The van der Waals surface area contributed by atoms with Gasteiger partial charge in [0.2, 0.25) is 0 Å². The second-order valence-electron chi connectivity index (χ2n) is 5.62. The number of rotatable bonds is 6. The largest absolute Gasteiger partial charge is 0.594 e. The van der Waals surface area contributed by atoms with Gasteiger partial charge in [-0.25, -0.2) is 0 Å². The molecule has 2 aromatic rings. The molecule has 0 aromatic heterocycles. The van der Waals surface area contributed by atoms with Crippen molar-refractivity contribution in [1.29, 1.82) is 0 Å². The number of nitro groups is 4. The maximum atomic E-state index is 12.4. The number of benzene rings is 2. The number of nitrogens with zero attached hydrogens (tertiary/aromatic N) is 6. The van der Waals surface area contributed by atoms with Crippen LogP contribution in [-0.4, -0.2) is 24.6 Å². The molecule has 0 aliphatic carbocycles. The van der Waals surface area contributed by atoms with Crippen LogP contribution in [0.25, 0.3) is 0 Å². The van der Waals surface area contributed by atoms with Crippen LogP contribution < -0.4 is 0 Å². The molecule has 0 saturated carbocycles. The number of nitro benzene ring substituents is 4. The lowest BCUT2D eigenvalue weighted by Gasteiger charge is -2.04. The Hall–Kier alpha value is -4.56. The first-order valence-electron chi connectivity index (χ1n) is 7.49. The van der Waals surface area contributed by atoms with E-state index in [9.17, 15) is 45.7 Å². The van der Waals surface area contributed by atoms with Crippen LogP contribution in [0.15, 0.2) is 29.4 Å². The van der Waals surface area contributed by atoms with Gasteiger partial charge in [0.05, 0.1) is 43.5 Å². The van der Waals surface area contributed by atoms with E-state index in [0.29, 0.717) is 6.07 Å². The highest BCUT2D eigenvalue weighted by Gasteiger charge is 2.28. The Labute approximate surface area is 159 Å². The normalized spacial score (nSPS) is 11.2. The zero-order chi connectivity index (χ0) is 22.0. The van der Waals surface area contributed by atoms with Crippen molar-refractivity contribution in [3.63, 3.8) is 0 Å². The predicted octanol–water partition coefficient (Wildman–Crippen LogP) is 3.86. The monoisotopic (exact) mass is 406 g/mol. The highest BCUT2D eigenvalue weighted by molar-refractivity contribution is 5.63. The minimum atomic E-state index is -0.928. The van der Waals surface area contributed by atoms with Gasteiger partial charge in [-0.1, -0.05) is 0 Å². The molecule has 2 aromatic carbocycles. The molecule has 0 amide bonds. The van der Waals surface area contributed by atoms with Gasteiger partial charge in [0.1, 0.15) is 11.3 Å². The second-order valence-corrected chi connectivity index (χ2v) is 5.62. The van der Waals surface area contributed by atoms with E-state index in [1.165, 1.54) is 6.92 Å². The van der Waals surface area contributed by atoms with Gasteiger partial charge in [-0.3, -0.25) is 40.5 Å². The van der Waals surface area contributed by atoms with Crippen molar-refractivity contribution in [1.82, 2.24) is 0 Å². The first-order valence-corrected chi connectivity index (χ1v) is 7.49. The molecule has 0 unspecified atom stereocenters. The zero-order valence-electron chi connectivity index (χ0n) is 14.7. The van der Waals surface area contributed by atoms with E-state index in [1.54, 1.807) is 0 Å². The van der Waals surface area contributed by atoms with Crippen molar-refractivity contribution in [3.05, 3.63) is 81.1 Å². The van der Waals surface area contributed by atoms with E-state index in [-0.39, 0.29) is 16.0 Å². The highest BCUT2D eigenvalue weighted by atomic mass is 16.6. The summed E-state index contributed by atoms with van der Waals surface area (Å²) in [6.45, 7) is 2.31. The van der Waals surface area contributed by atoms with Crippen LogP contribution in [0.4, 0.5) is 34.1 Å². The van der Waals surface area contributed by atoms with Gasteiger partial charge in [-0.05, 0) is 18.7 Å². The summed E-state index contributed by atoms with van der Waals surface area (Å²) in [6.07, 6.45) is 0. The summed E-state index contributed by atoms with van der Waals surface area (Å²) in [5, 5.41) is 60.1. The van der Waals surface area contributed by atoms with Crippen LogP contribution in [0.2, 0.25) is 0 Å². The van der Waals surface area contributed by atoms with E-state index >= 15 is 0 Å². The molecule has 0 aliphatic heterocycles. The van der Waals surface area contributed by atoms with Crippen LogP contribution >= 0.6 is 0 Å². The summed E-state index contributed by atoms with van der Waals surface area (Å²) in [5.41, 5.74) is -4.35. The molecule has 15 heteroatoms. The average Bonchev–Trinajstić information content (AvgIpc) is 2.62. The molecule has 0 spiro atoms. The van der Waals surface area contributed by atoms with E-state index < -0.39 is 53.8 Å². The molecule has 0 fully saturated rings. The first kappa shape index (κ1) is 20.7. The summed E-state index contributed by atoms with van der Waals surface area (Å²) in [5.74, 6) is 0. The Morgan fingerprint density at radius 2 is 1.03 bits per heavy atom. The topological polar surface area (TPSA) is 211 Å². The molecule has 0 bridgehead atoms. The Bertz CT molecular complexity index is 1080. The van der Waals surface area contributed by atoms with Crippen molar-refractivity contribution in [2.75, 3.05) is 0 Å². The maximum Gasteiger partial charge on any atom is 0.285 e. The number of azo groups is 1. The summed E-state index contributed by atoms with van der Waals surface area (Å²) in [7, 11) is 0. The van der Waals surface area contributed by atoms with Crippen molar-refractivity contribution in [3.8, 4) is 0 Å². The van der Waals surface area contributed by atoms with Crippen molar-refractivity contribution < 1.29 is 24.6 Å². The highest BCUT2D eigenvalue weighted by Crippen LogP contribution is 2.36. The van der Waals surface area contributed by atoms with Crippen molar-refractivity contribution in [2.24, 2.45) is 5.11 Å². The molecule has 29 heavy (non-hydrogen) atoms. The van der Waals surface area contributed by atoms with Gasteiger partial charge in [-0.15, -0.1) is 0 Å². The first-order chi connectivity index (χ1) is 13.4. The summed E-state index contributed by atoms with van der Waals surface area (Å²) in [4.78, 5) is 40.3. The van der Waals surface area contributed by atoms with E-state index in [4.69, 9.17) is 0 Å². The standard InChI is InChI=1S/C14H10N6O9/c1-7-11(3-10(17(22)23)6-12(7)18(24)25)15-16(21)9-4-13(19(26)27)8(2)14(5-9)20(28)29/h3-6H,1-2H3. The van der Waals surface area contributed by atoms with Gasteiger partial charge in [0, 0.05) is 11.2 Å². The van der Waals surface area contributed by atoms with Gasteiger partial charge < -0.3 is 5.21 Å². The zero-order valence-corrected chi connectivity index (χ0v) is 14.7. The molecular formula is C14H10N6O9. The average molecular weight is 406 g/mol. The van der Waals surface area contributed by atoms with Gasteiger partial charge in [0.15, 0.2) is 0 Å². The lowest BCUT2D eigenvalue weighted by molar-refractivity contribution is -0.439. The smallest absolute Gasteiger partial charge is 0.285 e. The molecule has 0 radical (unpaired) electrons. The molecule has 0 atom stereocenters. The maximum absolute atomic E-state index is 12.4. The molecule has 0 aliphatic rings. The Balaban J connectivity index is 2.74. The van der Waals surface area contributed by atoms with Crippen LogP contribution in [0.3, 0.4) is 0 Å². The minimum absolute atomic E-state index is 0.183. The molecule has 150 valence electrons. The third-order valence-electron chi connectivity index (χ3n) is 3.90. The molecule has 0 saturated heterocycles. The van der Waals surface area contributed by atoms with Crippen LogP contribution in [0.5, 0.6) is 0 Å². The van der Waals surface area contributed by atoms with Crippen molar-refractivity contribution in [2.45, 2.75) is 13.8 Å². The van der Waals surface area contributed by atoms with Crippen molar-refractivity contribution >= 4 is 34.1 Å². The summed E-state index contributed by atoms with van der Waals surface area (Å²) in [6, 6.07) is 2.95. The number of non-ortho nitro benzene ring substituents is 1. The predicted molar refractivity (Wildman–Crippen MR) is 94.4 cm³/mol. The molecule has 0 heterocycles. The van der Waals surface area contributed by atoms with Crippen LogP contribution in [0.1, 0.15) is 11.1 Å². The fourth-order valence-corrected chi connectivity index (χ4v) is 2.38. The van der Waals surface area contributed by atoms with E-state index in [1.807, 2.05) is 0 Å². The van der Waals surface area contributed by atoms with E-state index in [2.05, 4.69) is 5.11 Å². The molecule has 0 N–H and O–H groups in total. The SMILES string of the molecule is Cc1c(N=[N+]([O-])c2cc([N+](=O)[O-])c(C)c([N+](=O)[O-])c2)cc([N+](=O)[O-])cc1[N+](=O)[O-]. The Morgan fingerprint density at radius 3 is 1.45 bits per heavy atom. The van der Waals surface area contributed by atoms with Gasteiger partial charge in [0.25, 0.3) is 28.4 Å². The van der Waals surface area contributed by atoms with E-state index in [0.717, 1.165) is 25.1 Å². The van der Waals surface area contributed by atoms with Gasteiger partial charge >= 0.3 is 0 Å². The fraction of sp³-hybridized carbons (Fsp3) is 0.143. The Kier molecular flexibility index (Phi) is 5.43. The summed E-state index contributed by atoms with van der Waals surface area (Å²) >= 11 is 0. The van der Waals surface area contributed by atoms with Crippen LogP contribution in [-0.2, 0) is 0 Å². The third-order valence-corrected chi connectivity index (χ3v) is 3.90. The molecular weight excluding hydrogens is 396 g/mol. The Morgan fingerprint density at radius 1 is 0.621 bits per heavy atom. The molecule has 2 rings (SSSR count). The fourth-order valence-electron chi connectivity index (χ4n) is 2.38. The quantitative estimate of drug-likeness (QED) is 0.294. The second kappa shape index (κ2) is 7.59. The lowest BCUT2D eigenvalue weighted by Crippen LogP contribution is -2.01. The third kappa shape index (κ3) is 4.07. The lowest BCUT2D eigenvalue weighted by atomic mass is 10.1. The van der Waals surface area contributed by atoms with Gasteiger partial charge in [-0.2, -0.15) is 0 Å².